The topological polar surface area (TPSA) is 123 Å². The van der Waals surface area contributed by atoms with Crippen LogP contribution in [0.3, 0.4) is 0 Å². The van der Waals surface area contributed by atoms with E-state index >= 15 is 0 Å². The van der Waals surface area contributed by atoms with Crippen LogP contribution in [0.4, 0.5) is 30.6 Å². The van der Waals surface area contributed by atoms with Gasteiger partial charge in [-0.2, -0.15) is 23.1 Å². The summed E-state index contributed by atoms with van der Waals surface area (Å²) in [5.41, 5.74) is 3.45. The smallest absolute Gasteiger partial charge is 0.369 e. The van der Waals surface area contributed by atoms with Gasteiger partial charge in [0.05, 0.1) is 11.3 Å². The lowest BCUT2D eigenvalue weighted by molar-refractivity contribution is -0.137. The first-order chi connectivity index (χ1) is 19.2. The standard InChI is InChI=1S/C27H21F3N8O2/c1-14-3-4-18(34-25(39)21-11-17(5-6-31-21)27(28,29)30)12-19(14)20-10-16-13-33-26(35-22-9-15(2)37-40-22)36-23(16)38-8-7-32-24(20)38/h3-6,9-13,32H,7-8H2,1-2H3,(H,34,39)/b35-26-. The molecule has 0 fully saturated rings. The van der Waals surface area contributed by atoms with Crippen LogP contribution in [-0.4, -0.2) is 37.1 Å². The molecule has 1 amide bonds. The van der Waals surface area contributed by atoms with E-state index in [4.69, 9.17) is 4.52 Å². The molecule has 0 unspecified atom stereocenters. The average Bonchev–Trinajstić information content (AvgIpc) is 3.58. The van der Waals surface area contributed by atoms with Gasteiger partial charge in [0.15, 0.2) is 0 Å². The van der Waals surface area contributed by atoms with Gasteiger partial charge in [0.1, 0.15) is 17.3 Å². The number of nitrogens with one attached hydrogen (secondary N) is 2. The number of amides is 1. The Kier molecular flexibility index (Phi) is 6.05. The fraction of sp³-hybridized carbons (Fsp3) is 0.185. The zero-order valence-corrected chi connectivity index (χ0v) is 21.2. The number of benzene rings is 1. The summed E-state index contributed by atoms with van der Waals surface area (Å²) < 4.78 is 46.5. The molecule has 0 atom stereocenters. The molecule has 202 valence electrons. The Morgan fingerprint density at radius 1 is 1.10 bits per heavy atom. The molecule has 2 aromatic heterocycles. The van der Waals surface area contributed by atoms with Gasteiger partial charge in [-0.25, -0.2) is 4.98 Å². The van der Waals surface area contributed by atoms with E-state index in [9.17, 15) is 18.0 Å². The van der Waals surface area contributed by atoms with Gasteiger partial charge in [-0.1, -0.05) is 11.2 Å². The van der Waals surface area contributed by atoms with Crippen LogP contribution >= 0.6 is 0 Å². The molecule has 3 aromatic rings. The molecule has 40 heavy (non-hydrogen) atoms. The van der Waals surface area contributed by atoms with Crippen LogP contribution in [0.1, 0.15) is 27.3 Å². The van der Waals surface area contributed by atoms with E-state index in [0.717, 1.165) is 46.4 Å². The van der Waals surface area contributed by atoms with Gasteiger partial charge in [-0.15, -0.1) is 0 Å². The van der Waals surface area contributed by atoms with Crippen LogP contribution in [0.15, 0.2) is 64.4 Å². The molecule has 0 aliphatic carbocycles. The van der Waals surface area contributed by atoms with Crippen LogP contribution in [0, 0.1) is 13.8 Å². The molecule has 5 heterocycles. The SMILES string of the molecule is Cc1cc(/N=c2/ncc3cc(-c4cc(NC(=O)c5cc(C(F)(F)F)ccn5)ccc4C)c4n(c-3n2)CCN4)on1. The number of nitrogens with zero attached hydrogens (tertiary/aromatic N) is 6. The zero-order valence-electron chi connectivity index (χ0n) is 21.2. The van der Waals surface area contributed by atoms with Crippen molar-refractivity contribution < 1.29 is 22.5 Å². The third-order valence-electron chi connectivity index (χ3n) is 6.42. The summed E-state index contributed by atoms with van der Waals surface area (Å²) in [6, 6.07) is 10.5. The van der Waals surface area contributed by atoms with Crippen LogP contribution in [0.5, 0.6) is 0 Å². The van der Waals surface area contributed by atoms with Crippen LogP contribution in [0.2, 0.25) is 0 Å². The van der Waals surface area contributed by atoms with Crippen molar-refractivity contribution >= 4 is 23.3 Å². The number of aromatic nitrogens is 5. The molecule has 0 saturated carbocycles. The second-order valence-electron chi connectivity index (χ2n) is 9.26. The molecule has 10 nitrogen and oxygen atoms in total. The molecule has 0 saturated heterocycles. The number of hydrogen-bond acceptors (Lipinski definition) is 8. The van der Waals surface area contributed by atoms with Gasteiger partial charge in [-0.3, -0.25) is 9.78 Å². The Bertz CT molecular complexity index is 1810. The number of alkyl halides is 3. The van der Waals surface area contributed by atoms with Crippen molar-refractivity contribution in [2.75, 3.05) is 17.2 Å². The number of carbonyl (C=O) groups is 1. The Hall–Kier alpha value is -5.07. The third kappa shape index (κ3) is 4.77. The lowest BCUT2D eigenvalue weighted by atomic mass is 9.98. The molecule has 0 bridgehead atoms. The van der Waals surface area contributed by atoms with Gasteiger partial charge in [0.2, 0.25) is 0 Å². The van der Waals surface area contributed by atoms with E-state index in [1.807, 2.05) is 23.6 Å². The van der Waals surface area contributed by atoms with Crippen molar-refractivity contribution in [3.63, 3.8) is 0 Å². The highest BCUT2D eigenvalue weighted by Crippen LogP contribution is 2.39. The molecule has 0 radical (unpaired) electrons. The average molecular weight is 547 g/mol. The summed E-state index contributed by atoms with van der Waals surface area (Å²) in [6.45, 7) is 5.07. The van der Waals surface area contributed by atoms with Crippen LogP contribution in [-0.2, 0) is 12.7 Å². The van der Waals surface area contributed by atoms with E-state index < -0.39 is 17.6 Å². The van der Waals surface area contributed by atoms with Crippen molar-refractivity contribution in [3.05, 3.63) is 83.0 Å². The molecule has 13 heteroatoms. The highest BCUT2D eigenvalue weighted by Gasteiger charge is 2.31. The Balaban J connectivity index is 1.37. The van der Waals surface area contributed by atoms with E-state index in [0.29, 0.717) is 36.2 Å². The first-order valence-electron chi connectivity index (χ1n) is 12.2. The molecule has 0 spiro atoms. The molecule has 1 aromatic carbocycles. The number of anilines is 2. The molecular weight excluding hydrogens is 525 g/mol. The monoisotopic (exact) mass is 546 g/mol. The van der Waals surface area contributed by atoms with Crippen LogP contribution in [0.25, 0.3) is 22.5 Å². The van der Waals surface area contributed by atoms with Gasteiger partial charge < -0.3 is 19.7 Å². The highest BCUT2D eigenvalue weighted by molar-refractivity contribution is 6.03. The third-order valence-corrected chi connectivity index (χ3v) is 6.42. The Morgan fingerprint density at radius 2 is 1.95 bits per heavy atom. The number of pyridine rings is 2. The summed E-state index contributed by atoms with van der Waals surface area (Å²) in [4.78, 5) is 29.9. The minimum atomic E-state index is -4.58. The van der Waals surface area contributed by atoms with Gasteiger partial charge >= 0.3 is 6.18 Å². The molecule has 3 aliphatic rings. The first kappa shape index (κ1) is 25.2. The summed E-state index contributed by atoms with van der Waals surface area (Å²) in [6.07, 6.45) is -1.93. The molecular formula is C27H21F3N8O2. The number of hydrogen-bond donors (Lipinski definition) is 2. The normalized spacial score (nSPS) is 13.4. The zero-order chi connectivity index (χ0) is 28.0. The maximum atomic E-state index is 13.1. The predicted octanol–water partition coefficient (Wildman–Crippen LogP) is 4.98. The van der Waals surface area contributed by atoms with E-state index in [1.54, 1.807) is 31.3 Å². The fourth-order valence-corrected chi connectivity index (χ4v) is 4.54. The summed E-state index contributed by atoms with van der Waals surface area (Å²) in [5, 5.41) is 9.90. The summed E-state index contributed by atoms with van der Waals surface area (Å²) in [7, 11) is 0. The highest BCUT2D eigenvalue weighted by atomic mass is 19.4. The Morgan fingerprint density at radius 3 is 2.73 bits per heavy atom. The second kappa shape index (κ2) is 9.59. The lowest BCUT2D eigenvalue weighted by Crippen LogP contribution is -2.17. The van der Waals surface area contributed by atoms with Gasteiger partial charge in [-0.05, 0) is 55.3 Å². The molecule has 6 rings (SSSR count). The number of fused-ring (bicyclic) bond motifs is 3. The minimum Gasteiger partial charge on any atom is -0.369 e. The van der Waals surface area contributed by atoms with E-state index in [2.05, 4.69) is 35.7 Å². The number of carbonyl (C=O) groups excluding carboxylic acids is 1. The molecule has 3 aliphatic heterocycles. The van der Waals surface area contributed by atoms with Crippen molar-refractivity contribution in [1.29, 1.82) is 0 Å². The first-order valence-corrected chi connectivity index (χ1v) is 12.2. The van der Waals surface area contributed by atoms with Crippen LogP contribution < -0.4 is 16.3 Å². The van der Waals surface area contributed by atoms with Gasteiger partial charge in [0.25, 0.3) is 17.4 Å². The van der Waals surface area contributed by atoms with Gasteiger partial charge in [0, 0.05) is 48.4 Å². The number of rotatable bonds is 4. The van der Waals surface area contributed by atoms with Crippen molar-refractivity contribution in [2.24, 2.45) is 4.99 Å². The number of aryl methyl sites for hydroxylation is 2. The number of halogens is 3. The molecule has 2 N–H and O–H groups in total. The van der Waals surface area contributed by atoms with Crippen molar-refractivity contribution in [1.82, 2.24) is 24.7 Å². The van der Waals surface area contributed by atoms with Crippen molar-refractivity contribution in [2.45, 2.75) is 26.6 Å². The van der Waals surface area contributed by atoms with Crippen molar-refractivity contribution in [3.8, 4) is 22.5 Å². The Labute approximate surface area is 225 Å². The summed E-state index contributed by atoms with van der Waals surface area (Å²) >= 11 is 0. The van der Waals surface area contributed by atoms with E-state index in [1.165, 1.54) is 0 Å². The minimum absolute atomic E-state index is 0.238. The maximum absolute atomic E-state index is 13.1. The largest absolute Gasteiger partial charge is 0.416 e. The quantitative estimate of drug-likeness (QED) is 0.326. The lowest BCUT2D eigenvalue weighted by Gasteiger charge is -2.19. The fourth-order valence-electron chi connectivity index (χ4n) is 4.54. The summed E-state index contributed by atoms with van der Waals surface area (Å²) in [5.74, 6) is 1.08. The maximum Gasteiger partial charge on any atom is 0.416 e. The second-order valence-corrected chi connectivity index (χ2v) is 9.26. The predicted molar refractivity (Wildman–Crippen MR) is 139 cm³/mol. The van der Waals surface area contributed by atoms with E-state index in [-0.39, 0.29) is 11.3 Å².